The van der Waals surface area contributed by atoms with E-state index in [1.807, 2.05) is 18.2 Å². The molecule has 1 aromatic heterocycles. The topological polar surface area (TPSA) is 32.3 Å². The third-order valence-corrected chi connectivity index (χ3v) is 4.57. The minimum absolute atomic E-state index is 0.636. The van der Waals surface area contributed by atoms with Crippen LogP contribution in [0.2, 0.25) is 0 Å². The number of likely N-dealkylation sites (N-methyl/N-ethyl adjacent to an activating group) is 1. The molecule has 1 aromatic carbocycles. The molecule has 2 atom stereocenters. The predicted molar refractivity (Wildman–Crippen MR) is 79.6 cm³/mol. The van der Waals surface area contributed by atoms with E-state index < -0.39 is 0 Å². The molecule has 20 heavy (non-hydrogen) atoms. The molecule has 2 aromatic rings. The Bertz CT molecular complexity index is 596. The Kier molecular flexibility index (Phi) is 2.70. The maximum atomic E-state index is 4.44. The number of aromatic nitrogens is 2. The lowest BCUT2D eigenvalue weighted by atomic mass is 9.99. The standard InChI is InChI=1S/C16H18N4/c1-19-11-15-14(19)9-10-20(15)16-8-7-13(17-18-16)12-5-3-2-4-6-12/h2-8,14-15H,9-11H2,1H3/t14-,15-/m1/s1. The molecule has 2 fully saturated rings. The van der Waals surface area contributed by atoms with E-state index >= 15 is 0 Å². The van der Waals surface area contributed by atoms with Gasteiger partial charge in [0.2, 0.25) is 0 Å². The molecule has 2 aliphatic rings. The fourth-order valence-electron chi connectivity index (χ4n) is 3.39. The van der Waals surface area contributed by atoms with Gasteiger partial charge in [0.05, 0.1) is 11.7 Å². The van der Waals surface area contributed by atoms with Crippen molar-refractivity contribution in [1.29, 1.82) is 0 Å². The maximum absolute atomic E-state index is 4.44. The Balaban J connectivity index is 1.57. The van der Waals surface area contributed by atoms with Crippen molar-refractivity contribution in [2.75, 3.05) is 25.0 Å². The van der Waals surface area contributed by atoms with Gasteiger partial charge in [0, 0.05) is 24.7 Å². The van der Waals surface area contributed by atoms with Gasteiger partial charge < -0.3 is 4.90 Å². The van der Waals surface area contributed by atoms with Gasteiger partial charge in [-0.25, -0.2) is 0 Å². The predicted octanol–water partition coefficient (Wildman–Crippen LogP) is 2.04. The van der Waals surface area contributed by atoms with Crippen molar-refractivity contribution < 1.29 is 0 Å². The first-order valence-corrected chi connectivity index (χ1v) is 7.19. The Morgan fingerprint density at radius 2 is 1.85 bits per heavy atom. The molecule has 0 bridgehead atoms. The molecule has 0 spiro atoms. The Hall–Kier alpha value is -1.94. The van der Waals surface area contributed by atoms with E-state index in [0.29, 0.717) is 12.1 Å². The van der Waals surface area contributed by atoms with E-state index in [2.05, 4.69) is 51.3 Å². The van der Waals surface area contributed by atoms with Crippen LogP contribution < -0.4 is 4.90 Å². The highest BCUT2D eigenvalue weighted by atomic mass is 15.4. The zero-order chi connectivity index (χ0) is 13.5. The molecule has 4 rings (SSSR count). The molecule has 2 saturated heterocycles. The summed E-state index contributed by atoms with van der Waals surface area (Å²) in [7, 11) is 2.20. The second kappa shape index (κ2) is 4.56. The lowest BCUT2D eigenvalue weighted by Crippen LogP contribution is -2.60. The smallest absolute Gasteiger partial charge is 0.151 e. The molecule has 0 amide bonds. The molecule has 0 radical (unpaired) electrons. The first-order chi connectivity index (χ1) is 9.83. The van der Waals surface area contributed by atoms with E-state index in [-0.39, 0.29) is 0 Å². The van der Waals surface area contributed by atoms with Crippen LogP contribution in [0.25, 0.3) is 11.3 Å². The van der Waals surface area contributed by atoms with Crippen molar-refractivity contribution in [3.63, 3.8) is 0 Å². The summed E-state index contributed by atoms with van der Waals surface area (Å²) >= 11 is 0. The summed E-state index contributed by atoms with van der Waals surface area (Å²) in [5.41, 5.74) is 2.06. The number of rotatable bonds is 2. The summed E-state index contributed by atoms with van der Waals surface area (Å²) in [4.78, 5) is 4.84. The van der Waals surface area contributed by atoms with Crippen molar-refractivity contribution >= 4 is 5.82 Å². The van der Waals surface area contributed by atoms with Crippen molar-refractivity contribution in [2.24, 2.45) is 0 Å². The lowest BCUT2D eigenvalue weighted by Gasteiger charge is -2.44. The third-order valence-electron chi connectivity index (χ3n) is 4.57. The van der Waals surface area contributed by atoms with Crippen LogP contribution >= 0.6 is 0 Å². The monoisotopic (exact) mass is 266 g/mol. The normalized spacial score (nSPS) is 25.4. The summed E-state index contributed by atoms with van der Waals surface area (Å²) in [6, 6.07) is 15.7. The lowest BCUT2D eigenvalue weighted by molar-refractivity contribution is 0.116. The summed E-state index contributed by atoms with van der Waals surface area (Å²) < 4.78 is 0. The van der Waals surface area contributed by atoms with Crippen LogP contribution in [0.1, 0.15) is 6.42 Å². The molecule has 3 heterocycles. The third kappa shape index (κ3) is 1.79. The first-order valence-electron chi connectivity index (χ1n) is 7.19. The van der Waals surface area contributed by atoms with Crippen LogP contribution in [0.5, 0.6) is 0 Å². The molecule has 0 unspecified atom stereocenters. The van der Waals surface area contributed by atoms with Crippen molar-refractivity contribution in [3.8, 4) is 11.3 Å². The van der Waals surface area contributed by atoms with Crippen LogP contribution in [0.4, 0.5) is 5.82 Å². The van der Waals surface area contributed by atoms with Crippen LogP contribution in [-0.4, -0.2) is 47.3 Å². The fourth-order valence-corrected chi connectivity index (χ4v) is 3.39. The minimum Gasteiger partial charge on any atom is -0.349 e. The Morgan fingerprint density at radius 1 is 1.00 bits per heavy atom. The molecule has 0 aliphatic carbocycles. The average molecular weight is 266 g/mol. The summed E-state index contributed by atoms with van der Waals surface area (Å²) in [6.07, 6.45) is 1.24. The zero-order valence-electron chi connectivity index (χ0n) is 11.6. The molecule has 0 N–H and O–H groups in total. The van der Waals surface area contributed by atoms with Crippen molar-refractivity contribution in [2.45, 2.75) is 18.5 Å². The van der Waals surface area contributed by atoms with Gasteiger partial charge in [0.1, 0.15) is 0 Å². The largest absolute Gasteiger partial charge is 0.349 e. The quantitative estimate of drug-likeness (QED) is 0.832. The second-order valence-electron chi connectivity index (χ2n) is 5.70. The van der Waals surface area contributed by atoms with Gasteiger partial charge in [-0.1, -0.05) is 30.3 Å². The van der Waals surface area contributed by atoms with Gasteiger partial charge >= 0.3 is 0 Å². The van der Waals surface area contributed by atoms with Crippen LogP contribution in [0.3, 0.4) is 0 Å². The molecule has 102 valence electrons. The Morgan fingerprint density at radius 3 is 2.50 bits per heavy atom. The number of likely N-dealkylation sites (tertiary alicyclic amines) is 1. The zero-order valence-corrected chi connectivity index (χ0v) is 11.6. The Labute approximate surface area is 119 Å². The number of nitrogens with zero attached hydrogens (tertiary/aromatic N) is 4. The van der Waals surface area contributed by atoms with Crippen LogP contribution in [0.15, 0.2) is 42.5 Å². The van der Waals surface area contributed by atoms with Crippen molar-refractivity contribution in [3.05, 3.63) is 42.5 Å². The minimum atomic E-state index is 0.636. The summed E-state index contributed by atoms with van der Waals surface area (Å²) in [6.45, 7) is 2.24. The van der Waals surface area contributed by atoms with Gasteiger partial charge in [-0.3, -0.25) is 4.90 Å². The maximum Gasteiger partial charge on any atom is 0.151 e. The first kappa shape index (κ1) is 11.9. The number of benzene rings is 1. The highest BCUT2D eigenvalue weighted by Gasteiger charge is 2.45. The molecule has 4 heteroatoms. The number of hydrogen-bond donors (Lipinski definition) is 0. The van der Waals surface area contributed by atoms with E-state index in [0.717, 1.165) is 30.2 Å². The summed E-state index contributed by atoms with van der Waals surface area (Å²) in [5.74, 6) is 1.02. The van der Waals surface area contributed by atoms with E-state index in [1.54, 1.807) is 0 Å². The molecular formula is C16H18N4. The van der Waals surface area contributed by atoms with Crippen LogP contribution in [-0.2, 0) is 0 Å². The SMILES string of the molecule is CN1C[C@@H]2[C@H]1CCN2c1ccc(-c2ccccc2)nn1. The number of hydrogen-bond acceptors (Lipinski definition) is 4. The van der Waals surface area contributed by atoms with E-state index in [4.69, 9.17) is 0 Å². The number of anilines is 1. The van der Waals surface area contributed by atoms with Crippen LogP contribution in [0, 0.1) is 0 Å². The summed E-state index contributed by atoms with van der Waals surface area (Å²) in [5, 5.41) is 8.83. The van der Waals surface area contributed by atoms with E-state index in [9.17, 15) is 0 Å². The fraction of sp³-hybridized carbons (Fsp3) is 0.375. The highest BCUT2D eigenvalue weighted by molar-refractivity contribution is 5.59. The molecular weight excluding hydrogens is 248 g/mol. The average Bonchev–Trinajstić information content (AvgIpc) is 2.85. The highest BCUT2D eigenvalue weighted by Crippen LogP contribution is 2.33. The second-order valence-corrected chi connectivity index (χ2v) is 5.70. The van der Waals surface area contributed by atoms with Crippen molar-refractivity contribution in [1.82, 2.24) is 15.1 Å². The van der Waals surface area contributed by atoms with Gasteiger partial charge in [0.25, 0.3) is 0 Å². The van der Waals surface area contributed by atoms with Gasteiger partial charge in [-0.2, -0.15) is 0 Å². The van der Waals surface area contributed by atoms with Gasteiger partial charge in [0.15, 0.2) is 5.82 Å². The van der Waals surface area contributed by atoms with Gasteiger partial charge in [-0.05, 0) is 25.6 Å². The molecule has 2 aliphatic heterocycles. The van der Waals surface area contributed by atoms with E-state index in [1.165, 1.54) is 6.42 Å². The number of fused-ring (bicyclic) bond motifs is 1. The van der Waals surface area contributed by atoms with Gasteiger partial charge in [-0.15, -0.1) is 10.2 Å². The molecule has 0 saturated carbocycles. The molecule has 4 nitrogen and oxygen atoms in total.